The summed E-state index contributed by atoms with van der Waals surface area (Å²) in [4.78, 5) is 0. The van der Waals surface area contributed by atoms with Crippen LogP contribution in [-0.4, -0.2) is 21.8 Å². The number of oxime groups is 2. The first-order valence-electron chi connectivity index (χ1n) is 10.4. The number of hydrogen-bond donors (Lipinski definition) is 2. The lowest BCUT2D eigenvalue weighted by Gasteiger charge is -2.30. The Balaban J connectivity index is 1.76. The third-order valence-corrected chi connectivity index (χ3v) is 6.49. The Morgan fingerprint density at radius 1 is 0.700 bits per heavy atom. The second-order valence-electron chi connectivity index (χ2n) is 7.73. The van der Waals surface area contributed by atoms with Gasteiger partial charge in [-0.25, -0.2) is 0 Å². The van der Waals surface area contributed by atoms with E-state index in [4.69, 9.17) is 0 Å². The SMILES string of the molecule is CCC1(CC)c2ccccc2-c2ccc(/C(C/C(=N/O)c3ccccc3)=N/O)cc21. The number of benzene rings is 3. The van der Waals surface area contributed by atoms with Crippen LogP contribution in [0.15, 0.2) is 83.1 Å². The van der Waals surface area contributed by atoms with Gasteiger partial charge >= 0.3 is 0 Å². The molecule has 0 saturated heterocycles. The number of rotatable bonds is 6. The van der Waals surface area contributed by atoms with Crippen molar-refractivity contribution in [3.05, 3.63) is 95.1 Å². The maximum Gasteiger partial charge on any atom is 0.0928 e. The number of nitrogens with zero attached hydrogens (tertiary/aromatic N) is 2. The Kier molecular flexibility index (Phi) is 5.40. The first kappa shape index (κ1) is 19.9. The van der Waals surface area contributed by atoms with Crippen LogP contribution in [0.2, 0.25) is 0 Å². The van der Waals surface area contributed by atoms with E-state index in [0.717, 1.165) is 24.0 Å². The molecule has 0 spiro atoms. The largest absolute Gasteiger partial charge is 0.411 e. The van der Waals surface area contributed by atoms with Gasteiger partial charge in [-0.2, -0.15) is 0 Å². The van der Waals surface area contributed by atoms with Crippen molar-refractivity contribution in [2.75, 3.05) is 0 Å². The fourth-order valence-electron chi connectivity index (χ4n) is 4.83. The molecular formula is C26H26N2O2. The maximum absolute atomic E-state index is 9.79. The summed E-state index contributed by atoms with van der Waals surface area (Å²) in [5, 5.41) is 26.4. The summed E-state index contributed by atoms with van der Waals surface area (Å²) in [5.41, 5.74) is 7.70. The predicted molar refractivity (Wildman–Crippen MR) is 121 cm³/mol. The van der Waals surface area contributed by atoms with Gasteiger partial charge in [0.1, 0.15) is 0 Å². The molecular weight excluding hydrogens is 372 g/mol. The monoisotopic (exact) mass is 398 g/mol. The molecule has 4 nitrogen and oxygen atoms in total. The van der Waals surface area contributed by atoms with E-state index in [1.54, 1.807) is 0 Å². The lowest BCUT2D eigenvalue weighted by Crippen LogP contribution is -2.23. The maximum atomic E-state index is 9.79. The molecule has 1 aliphatic carbocycles. The molecule has 0 radical (unpaired) electrons. The van der Waals surface area contributed by atoms with Crippen molar-refractivity contribution in [1.82, 2.24) is 0 Å². The average Bonchev–Trinajstić information content (AvgIpc) is 3.10. The minimum Gasteiger partial charge on any atom is -0.411 e. The van der Waals surface area contributed by atoms with E-state index < -0.39 is 0 Å². The lowest BCUT2D eigenvalue weighted by molar-refractivity contribution is 0.316. The van der Waals surface area contributed by atoms with Crippen LogP contribution in [0.25, 0.3) is 11.1 Å². The first-order chi connectivity index (χ1) is 14.7. The molecule has 152 valence electrons. The van der Waals surface area contributed by atoms with Crippen molar-refractivity contribution in [3.63, 3.8) is 0 Å². The molecule has 2 N–H and O–H groups in total. The van der Waals surface area contributed by atoms with Gasteiger partial charge < -0.3 is 10.4 Å². The number of fused-ring (bicyclic) bond motifs is 3. The first-order valence-corrected chi connectivity index (χ1v) is 10.4. The van der Waals surface area contributed by atoms with Crippen LogP contribution in [0.1, 0.15) is 55.4 Å². The average molecular weight is 399 g/mol. The standard InChI is InChI=1S/C26H26N2O2/c1-3-26(4-2)22-13-9-8-12-20(22)21-15-14-19(16-23(21)26)25(28-30)17-24(27-29)18-10-6-5-7-11-18/h5-16,29-30H,3-4,17H2,1-2H3/b27-24-,28-25+. The summed E-state index contributed by atoms with van der Waals surface area (Å²) >= 11 is 0. The third-order valence-electron chi connectivity index (χ3n) is 6.49. The fraction of sp³-hybridized carbons (Fsp3) is 0.231. The minimum absolute atomic E-state index is 0.0458. The van der Waals surface area contributed by atoms with Crippen LogP contribution < -0.4 is 0 Å². The molecule has 0 aliphatic heterocycles. The van der Waals surface area contributed by atoms with Crippen molar-refractivity contribution in [1.29, 1.82) is 0 Å². The van der Waals surface area contributed by atoms with Gasteiger partial charge in [0.2, 0.25) is 0 Å². The zero-order valence-corrected chi connectivity index (χ0v) is 17.3. The Morgan fingerprint density at radius 2 is 1.30 bits per heavy atom. The van der Waals surface area contributed by atoms with Crippen molar-refractivity contribution in [3.8, 4) is 11.1 Å². The Hall–Kier alpha value is -3.40. The van der Waals surface area contributed by atoms with Gasteiger partial charge in [-0.05, 0) is 46.7 Å². The molecule has 0 atom stereocenters. The molecule has 3 aromatic rings. The summed E-state index contributed by atoms with van der Waals surface area (Å²) in [5.74, 6) is 0. The molecule has 1 aliphatic rings. The summed E-state index contributed by atoms with van der Waals surface area (Å²) in [6.45, 7) is 4.46. The van der Waals surface area contributed by atoms with Crippen LogP contribution in [-0.2, 0) is 5.41 Å². The minimum atomic E-state index is -0.0458. The van der Waals surface area contributed by atoms with Gasteiger partial charge in [0.15, 0.2) is 0 Å². The van der Waals surface area contributed by atoms with E-state index in [2.05, 4.69) is 60.6 Å². The van der Waals surface area contributed by atoms with Crippen LogP contribution in [0, 0.1) is 0 Å². The fourth-order valence-corrected chi connectivity index (χ4v) is 4.83. The van der Waals surface area contributed by atoms with Crippen LogP contribution in [0.5, 0.6) is 0 Å². The summed E-state index contributed by atoms with van der Waals surface area (Å²) in [6, 6.07) is 24.3. The highest BCUT2D eigenvalue weighted by Crippen LogP contribution is 2.52. The number of hydrogen-bond acceptors (Lipinski definition) is 4. The normalized spacial score (nSPS) is 15.0. The van der Waals surface area contributed by atoms with Gasteiger partial charge in [0.05, 0.1) is 11.4 Å². The van der Waals surface area contributed by atoms with Crippen LogP contribution in [0.3, 0.4) is 0 Å². The summed E-state index contributed by atoms with van der Waals surface area (Å²) in [7, 11) is 0. The smallest absolute Gasteiger partial charge is 0.0928 e. The molecule has 3 aromatic carbocycles. The molecule has 0 saturated carbocycles. The summed E-state index contributed by atoms with van der Waals surface area (Å²) in [6.07, 6.45) is 2.22. The molecule has 0 amide bonds. The molecule has 0 unspecified atom stereocenters. The lowest BCUT2D eigenvalue weighted by atomic mass is 9.73. The third kappa shape index (κ3) is 3.09. The zero-order chi connectivity index (χ0) is 21.1. The summed E-state index contributed by atoms with van der Waals surface area (Å²) < 4.78 is 0. The second-order valence-corrected chi connectivity index (χ2v) is 7.73. The highest BCUT2D eigenvalue weighted by Gasteiger charge is 2.40. The van der Waals surface area contributed by atoms with Gasteiger partial charge in [0, 0.05) is 17.4 Å². The molecule has 4 rings (SSSR count). The van der Waals surface area contributed by atoms with Crippen molar-refractivity contribution < 1.29 is 10.4 Å². The van der Waals surface area contributed by atoms with Gasteiger partial charge in [-0.3, -0.25) is 0 Å². The topological polar surface area (TPSA) is 65.2 Å². The van der Waals surface area contributed by atoms with E-state index in [0.29, 0.717) is 11.4 Å². The second kappa shape index (κ2) is 8.15. The van der Waals surface area contributed by atoms with E-state index in [1.165, 1.54) is 22.3 Å². The van der Waals surface area contributed by atoms with Crippen molar-refractivity contribution in [2.45, 2.75) is 38.5 Å². The molecule has 0 bridgehead atoms. The van der Waals surface area contributed by atoms with Crippen LogP contribution in [0.4, 0.5) is 0 Å². The van der Waals surface area contributed by atoms with E-state index in [9.17, 15) is 10.4 Å². The van der Waals surface area contributed by atoms with Gasteiger partial charge in [-0.15, -0.1) is 0 Å². The van der Waals surface area contributed by atoms with E-state index in [-0.39, 0.29) is 11.8 Å². The molecule has 0 heterocycles. The predicted octanol–water partition coefficient (Wildman–Crippen LogP) is 6.22. The van der Waals surface area contributed by atoms with Gasteiger partial charge in [0.25, 0.3) is 0 Å². The molecule has 4 heteroatoms. The van der Waals surface area contributed by atoms with Gasteiger partial charge in [-0.1, -0.05) is 90.9 Å². The van der Waals surface area contributed by atoms with Crippen LogP contribution >= 0.6 is 0 Å². The zero-order valence-electron chi connectivity index (χ0n) is 17.3. The van der Waals surface area contributed by atoms with E-state index >= 15 is 0 Å². The van der Waals surface area contributed by atoms with Crippen molar-refractivity contribution in [2.24, 2.45) is 10.3 Å². The Bertz CT molecular complexity index is 1110. The van der Waals surface area contributed by atoms with E-state index in [1.807, 2.05) is 36.4 Å². The van der Waals surface area contributed by atoms with Crippen molar-refractivity contribution >= 4 is 11.4 Å². The molecule has 0 fully saturated rings. The Morgan fingerprint density at radius 3 is 1.97 bits per heavy atom. The Labute approximate surface area is 177 Å². The molecule has 0 aromatic heterocycles. The highest BCUT2D eigenvalue weighted by molar-refractivity contribution is 6.17. The highest BCUT2D eigenvalue weighted by atomic mass is 16.4. The molecule has 30 heavy (non-hydrogen) atoms. The quantitative estimate of drug-likeness (QED) is 0.294.